The minimum atomic E-state index is -0.249. The molecule has 0 spiro atoms. The molecule has 1 amide bonds. The first-order chi connectivity index (χ1) is 11.1. The first-order valence-electron chi connectivity index (χ1n) is 7.51. The summed E-state index contributed by atoms with van der Waals surface area (Å²) in [5, 5.41) is 3.62. The molecule has 0 aliphatic heterocycles. The molecule has 0 aromatic carbocycles. The number of rotatable bonds is 4. The number of nitrogens with two attached hydrogens (primary N) is 1. The fraction of sp³-hybridized carbons (Fsp3) is 0.235. The van der Waals surface area contributed by atoms with Gasteiger partial charge in [-0.25, -0.2) is 9.97 Å². The molecule has 0 atom stereocenters. The molecule has 23 heavy (non-hydrogen) atoms. The maximum atomic E-state index is 12.5. The second kappa shape index (κ2) is 6.34. The number of anilines is 2. The van der Waals surface area contributed by atoms with Crippen molar-refractivity contribution in [2.24, 2.45) is 0 Å². The highest BCUT2D eigenvalue weighted by Gasteiger charge is 2.18. The number of carbonyl (C=O) groups excluding carboxylic acids is 1. The topological polar surface area (TPSA) is 80.9 Å². The Morgan fingerprint density at radius 3 is 2.83 bits per heavy atom. The molecule has 3 heterocycles. The van der Waals surface area contributed by atoms with Gasteiger partial charge in [-0.2, -0.15) is 0 Å². The lowest BCUT2D eigenvalue weighted by Gasteiger charge is -2.04. The lowest BCUT2D eigenvalue weighted by molar-refractivity contribution is 0.103. The van der Waals surface area contributed by atoms with E-state index < -0.39 is 0 Å². The number of pyridine rings is 2. The Balaban J connectivity index is 1.92. The number of nitrogens with one attached hydrogen (secondary N) is 1. The summed E-state index contributed by atoms with van der Waals surface area (Å²) < 4.78 is 0. The van der Waals surface area contributed by atoms with Gasteiger partial charge in [0.1, 0.15) is 15.5 Å². The molecule has 3 rings (SSSR count). The minimum absolute atomic E-state index is 0.249. The zero-order chi connectivity index (χ0) is 16.4. The van der Waals surface area contributed by atoms with E-state index >= 15 is 0 Å². The van der Waals surface area contributed by atoms with Gasteiger partial charge < -0.3 is 11.1 Å². The Kier molecular flexibility index (Phi) is 4.25. The molecule has 0 aliphatic carbocycles. The molecule has 6 heteroatoms. The normalized spacial score (nSPS) is 10.9. The first-order valence-corrected chi connectivity index (χ1v) is 8.33. The van der Waals surface area contributed by atoms with Crippen molar-refractivity contribution in [2.75, 3.05) is 11.1 Å². The van der Waals surface area contributed by atoms with Gasteiger partial charge in [-0.3, -0.25) is 4.79 Å². The summed E-state index contributed by atoms with van der Waals surface area (Å²) in [7, 11) is 0. The average Bonchev–Trinajstić information content (AvgIpc) is 2.84. The van der Waals surface area contributed by atoms with Crippen molar-refractivity contribution in [3.05, 3.63) is 46.6 Å². The van der Waals surface area contributed by atoms with Crippen LogP contribution in [0.15, 0.2) is 30.3 Å². The molecule has 0 unspecified atom stereocenters. The predicted octanol–water partition coefficient (Wildman–Crippen LogP) is 3.79. The molecule has 118 valence electrons. The standard InChI is InChI=1S/C17H18N4OS/c1-3-5-11-8-9-12-14(18)15(23-17(12)20-11)16(22)21-13-7-4-6-10(2)19-13/h4,6-9H,3,5,18H2,1-2H3,(H,19,21,22). The highest BCUT2D eigenvalue weighted by molar-refractivity contribution is 7.21. The third-order valence-electron chi connectivity index (χ3n) is 3.49. The molecule has 3 aromatic rings. The van der Waals surface area contributed by atoms with Crippen LogP contribution in [0.4, 0.5) is 11.5 Å². The van der Waals surface area contributed by atoms with Gasteiger partial charge in [-0.15, -0.1) is 11.3 Å². The van der Waals surface area contributed by atoms with Crippen LogP contribution in [0.2, 0.25) is 0 Å². The molecule has 0 radical (unpaired) electrons. The Morgan fingerprint density at radius 2 is 2.09 bits per heavy atom. The average molecular weight is 326 g/mol. The first kappa shape index (κ1) is 15.4. The van der Waals surface area contributed by atoms with E-state index in [-0.39, 0.29) is 5.91 Å². The maximum absolute atomic E-state index is 12.5. The Morgan fingerprint density at radius 1 is 1.26 bits per heavy atom. The molecular formula is C17H18N4OS. The summed E-state index contributed by atoms with van der Waals surface area (Å²) in [6.07, 6.45) is 1.95. The Hall–Kier alpha value is -2.47. The number of aryl methyl sites for hydroxylation is 2. The second-order valence-electron chi connectivity index (χ2n) is 5.37. The largest absolute Gasteiger partial charge is 0.397 e. The number of nitrogen functional groups attached to an aromatic ring is 1. The highest BCUT2D eigenvalue weighted by Crippen LogP contribution is 2.33. The quantitative estimate of drug-likeness (QED) is 0.764. The van der Waals surface area contributed by atoms with Gasteiger partial charge in [0.2, 0.25) is 0 Å². The molecule has 0 fully saturated rings. The predicted molar refractivity (Wildman–Crippen MR) is 95.0 cm³/mol. The van der Waals surface area contributed by atoms with Crippen LogP contribution in [0.3, 0.4) is 0 Å². The van der Waals surface area contributed by atoms with E-state index in [0.29, 0.717) is 16.4 Å². The number of fused-ring (bicyclic) bond motifs is 1. The van der Waals surface area contributed by atoms with E-state index in [1.807, 2.05) is 31.2 Å². The molecule has 0 saturated heterocycles. The number of thiophene rings is 1. The fourth-order valence-electron chi connectivity index (χ4n) is 2.39. The van der Waals surface area contributed by atoms with Crippen LogP contribution in [0, 0.1) is 6.92 Å². The van der Waals surface area contributed by atoms with E-state index in [1.165, 1.54) is 11.3 Å². The molecule has 3 aromatic heterocycles. The molecule has 3 N–H and O–H groups in total. The number of aromatic nitrogens is 2. The van der Waals surface area contributed by atoms with Crippen LogP contribution in [0.5, 0.6) is 0 Å². The third-order valence-corrected chi connectivity index (χ3v) is 4.61. The lowest BCUT2D eigenvalue weighted by atomic mass is 10.2. The van der Waals surface area contributed by atoms with Crippen molar-refractivity contribution in [3.8, 4) is 0 Å². The zero-order valence-corrected chi connectivity index (χ0v) is 13.9. The summed E-state index contributed by atoms with van der Waals surface area (Å²) >= 11 is 1.32. The van der Waals surface area contributed by atoms with Gasteiger partial charge >= 0.3 is 0 Å². The molecule has 0 aliphatic rings. The van der Waals surface area contributed by atoms with E-state index in [2.05, 4.69) is 22.2 Å². The van der Waals surface area contributed by atoms with Crippen LogP contribution >= 0.6 is 11.3 Å². The molecular weight excluding hydrogens is 308 g/mol. The van der Waals surface area contributed by atoms with E-state index in [0.717, 1.165) is 34.4 Å². The van der Waals surface area contributed by atoms with Gasteiger partial charge in [0.05, 0.1) is 5.69 Å². The van der Waals surface area contributed by atoms with Crippen LogP contribution < -0.4 is 11.1 Å². The van der Waals surface area contributed by atoms with Crippen LogP contribution in [-0.4, -0.2) is 15.9 Å². The van der Waals surface area contributed by atoms with Gasteiger partial charge in [-0.05, 0) is 37.6 Å². The minimum Gasteiger partial charge on any atom is -0.397 e. The van der Waals surface area contributed by atoms with Gasteiger partial charge in [0.25, 0.3) is 5.91 Å². The summed E-state index contributed by atoms with van der Waals surface area (Å²) in [4.78, 5) is 22.6. The monoisotopic (exact) mass is 326 g/mol. The summed E-state index contributed by atoms with van der Waals surface area (Å²) in [5.41, 5.74) is 8.48. The highest BCUT2D eigenvalue weighted by atomic mass is 32.1. The summed E-state index contributed by atoms with van der Waals surface area (Å²) in [6.45, 7) is 3.99. The van der Waals surface area contributed by atoms with Crippen molar-refractivity contribution < 1.29 is 4.79 Å². The van der Waals surface area contributed by atoms with Crippen LogP contribution in [-0.2, 0) is 6.42 Å². The van der Waals surface area contributed by atoms with Crippen molar-refractivity contribution in [3.63, 3.8) is 0 Å². The number of amides is 1. The zero-order valence-electron chi connectivity index (χ0n) is 13.1. The van der Waals surface area contributed by atoms with E-state index in [9.17, 15) is 4.79 Å². The summed E-state index contributed by atoms with van der Waals surface area (Å²) in [5.74, 6) is 0.270. The van der Waals surface area contributed by atoms with Crippen LogP contribution in [0.25, 0.3) is 10.2 Å². The Bertz CT molecular complexity index is 872. The van der Waals surface area contributed by atoms with Gasteiger partial charge in [0, 0.05) is 16.8 Å². The van der Waals surface area contributed by atoms with E-state index in [4.69, 9.17) is 5.73 Å². The van der Waals surface area contributed by atoms with Crippen molar-refractivity contribution in [2.45, 2.75) is 26.7 Å². The SMILES string of the molecule is CCCc1ccc2c(N)c(C(=O)Nc3cccc(C)n3)sc2n1. The van der Waals surface area contributed by atoms with E-state index in [1.54, 1.807) is 6.07 Å². The van der Waals surface area contributed by atoms with Crippen molar-refractivity contribution in [1.82, 2.24) is 9.97 Å². The van der Waals surface area contributed by atoms with Gasteiger partial charge in [0.15, 0.2) is 0 Å². The lowest BCUT2D eigenvalue weighted by Crippen LogP contribution is -2.13. The number of carbonyl (C=O) groups is 1. The maximum Gasteiger partial charge on any atom is 0.269 e. The second-order valence-corrected chi connectivity index (χ2v) is 6.37. The molecule has 0 bridgehead atoms. The smallest absolute Gasteiger partial charge is 0.269 e. The molecule has 0 saturated carbocycles. The van der Waals surface area contributed by atoms with Crippen molar-refractivity contribution >= 4 is 39.0 Å². The number of hydrogen-bond acceptors (Lipinski definition) is 5. The summed E-state index contributed by atoms with van der Waals surface area (Å²) in [6, 6.07) is 9.40. The third kappa shape index (κ3) is 3.17. The molecule has 5 nitrogen and oxygen atoms in total. The number of hydrogen-bond donors (Lipinski definition) is 2. The van der Waals surface area contributed by atoms with Gasteiger partial charge in [-0.1, -0.05) is 19.4 Å². The number of nitrogens with zero attached hydrogens (tertiary/aromatic N) is 2. The van der Waals surface area contributed by atoms with Crippen LogP contribution in [0.1, 0.15) is 34.4 Å². The Labute approximate surface area is 138 Å². The fourth-order valence-corrected chi connectivity index (χ4v) is 3.39. The van der Waals surface area contributed by atoms with Crippen molar-refractivity contribution in [1.29, 1.82) is 0 Å².